The maximum atomic E-state index is 12.4. The first-order valence-corrected chi connectivity index (χ1v) is 8.19. The molecular formula is C16H28O4. The predicted octanol–water partition coefficient (Wildman–Crippen LogP) is 3.23. The Balaban J connectivity index is 1.78. The highest BCUT2D eigenvalue weighted by Crippen LogP contribution is 2.33. The average molecular weight is 284 g/mol. The van der Waals surface area contributed by atoms with Crippen molar-refractivity contribution in [1.29, 1.82) is 0 Å². The topological polar surface area (TPSA) is 48.1 Å². The summed E-state index contributed by atoms with van der Waals surface area (Å²) in [5.41, 5.74) is -0.667. The van der Waals surface area contributed by atoms with Gasteiger partial charge in [-0.2, -0.15) is 0 Å². The van der Waals surface area contributed by atoms with E-state index in [1.54, 1.807) is 0 Å². The number of carbonyl (C=O) groups excluding carboxylic acids is 1. The van der Waals surface area contributed by atoms with Gasteiger partial charge in [0.05, 0.1) is 6.61 Å². The van der Waals surface area contributed by atoms with Crippen molar-refractivity contribution in [1.82, 2.24) is 0 Å². The minimum atomic E-state index is -0.667. The van der Waals surface area contributed by atoms with Gasteiger partial charge in [-0.05, 0) is 32.1 Å². The molecule has 1 saturated carbocycles. The molecule has 0 unspecified atom stereocenters. The molecule has 0 aromatic carbocycles. The molecule has 0 bridgehead atoms. The van der Waals surface area contributed by atoms with Crippen LogP contribution in [-0.2, 0) is 19.0 Å². The molecule has 0 amide bonds. The van der Waals surface area contributed by atoms with Gasteiger partial charge in [0.2, 0.25) is 0 Å². The van der Waals surface area contributed by atoms with E-state index in [2.05, 4.69) is 6.92 Å². The zero-order valence-corrected chi connectivity index (χ0v) is 12.7. The highest BCUT2D eigenvalue weighted by molar-refractivity contribution is 5.79. The Morgan fingerprint density at radius 2 is 1.95 bits per heavy atom. The van der Waals surface area contributed by atoms with Gasteiger partial charge in [-0.25, -0.2) is 4.79 Å². The zero-order chi connectivity index (χ0) is 14.3. The molecule has 0 aromatic heterocycles. The lowest BCUT2D eigenvalue weighted by Crippen LogP contribution is -2.45. The predicted molar refractivity (Wildman–Crippen MR) is 76.6 cm³/mol. The smallest absolute Gasteiger partial charge is 0.338 e. The van der Waals surface area contributed by atoms with E-state index in [-0.39, 0.29) is 12.1 Å². The molecule has 1 heterocycles. The van der Waals surface area contributed by atoms with Crippen LogP contribution in [0.4, 0.5) is 0 Å². The van der Waals surface area contributed by atoms with E-state index in [1.165, 1.54) is 25.7 Å². The quantitative estimate of drug-likeness (QED) is 0.370. The van der Waals surface area contributed by atoms with Gasteiger partial charge >= 0.3 is 5.97 Å². The summed E-state index contributed by atoms with van der Waals surface area (Å²) in [7, 11) is 0. The number of epoxide rings is 1. The summed E-state index contributed by atoms with van der Waals surface area (Å²) in [6, 6.07) is 0. The molecule has 2 aliphatic rings. The largest absolute Gasteiger partial charge is 0.461 e. The van der Waals surface area contributed by atoms with Gasteiger partial charge in [0, 0.05) is 6.61 Å². The highest BCUT2D eigenvalue weighted by Gasteiger charge is 2.42. The molecule has 0 spiro atoms. The Morgan fingerprint density at radius 3 is 2.60 bits per heavy atom. The number of esters is 1. The van der Waals surface area contributed by atoms with E-state index in [0.29, 0.717) is 13.2 Å². The van der Waals surface area contributed by atoms with Crippen LogP contribution in [0.3, 0.4) is 0 Å². The first kappa shape index (κ1) is 15.8. The van der Waals surface area contributed by atoms with Crippen LogP contribution in [0, 0.1) is 0 Å². The average Bonchev–Trinajstić information content (AvgIpc) is 3.30. The van der Waals surface area contributed by atoms with Crippen molar-refractivity contribution in [3.8, 4) is 0 Å². The number of hydrogen-bond donors (Lipinski definition) is 0. The maximum Gasteiger partial charge on any atom is 0.338 e. The third-order valence-electron chi connectivity index (χ3n) is 4.21. The van der Waals surface area contributed by atoms with Crippen molar-refractivity contribution < 1.29 is 19.0 Å². The van der Waals surface area contributed by atoms with Crippen LogP contribution in [0.25, 0.3) is 0 Å². The maximum absolute atomic E-state index is 12.4. The normalized spacial score (nSPS) is 24.4. The second-order valence-corrected chi connectivity index (χ2v) is 6.02. The van der Waals surface area contributed by atoms with E-state index in [4.69, 9.17) is 14.2 Å². The fraction of sp³-hybridized carbons (Fsp3) is 0.938. The van der Waals surface area contributed by atoms with Crippen molar-refractivity contribution in [3.63, 3.8) is 0 Å². The molecule has 1 atom stereocenters. The van der Waals surface area contributed by atoms with Crippen LogP contribution in [0.15, 0.2) is 0 Å². The first-order valence-electron chi connectivity index (χ1n) is 8.19. The van der Waals surface area contributed by atoms with E-state index >= 15 is 0 Å². The third-order valence-corrected chi connectivity index (χ3v) is 4.21. The standard InChI is InChI=1S/C16H28O4/c1-2-3-4-8-11-20-16(9-6-5-7-10-16)15(17)19-13-14-12-18-14/h14H,2-13H2,1H3/t14-/m1/s1. The number of unbranched alkanes of at least 4 members (excludes halogenated alkanes) is 3. The number of carbonyl (C=O) groups is 1. The Labute approximate surface area is 122 Å². The highest BCUT2D eigenvalue weighted by atomic mass is 16.6. The van der Waals surface area contributed by atoms with Gasteiger partial charge in [-0.3, -0.25) is 0 Å². The second-order valence-electron chi connectivity index (χ2n) is 6.02. The summed E-state index contributed by atoms with van der Waals surface area (Å²) < 4.78 is 16.5. The van der Waals surface area contributed by atoms with Crippen LogP contribution in [0.2, 0.25) is 0 Å². The van der Waals surface area contributed by atoms with Crippen molar-refractivity contribution in [2.24, 2.45) is 0 Å². The third kappa shape index (κ3) is 4.74. The molecule has 4 nitrogen and oxygen atoms in total. The van der Waals surface area contributed by atoms with E-state index in [9.17, 15) is 4.79 Å². The lowest BCUT2D eigenvalue weighted by molar-refractivity contribution is -0.178. The molecule has 1 aliphatic heterocycles. The summed E-state index contributed by atoms with van der Waals surface area (Å²) in [6.45, 7) is 3.98. The SMILES string of the molecule is CCCCCCOC1(C(=O)OC[C@H]2CO2)CCCCC1. The van der Waals surface area contributed by atoms with Gasteiger partial charge in [0.1, 0.15) is 12.7 Å². The van der Waals surface area contributed by atoms with E-state index in [1.807, 2.05) is 0 Å². The van der Waals surface area contributed by atoms with Crippen LogP contribution < -0.4 is 0 Å². The van der Waals surface area contributed by atoms with Crippen LogP contribution in [-0.4, -0.2) is 37.5 Å². The molecule has 2 rings (SSSR count). The minimum absolute atomic E-state index is 0.129. The molecule has 0 aromatic rings. The minimum Gasteiger partial charge on any atom is -0.461 e. The van der Waals surface area contributed by atoms with Gasteiger partial charge in [0.15, 0.2) is 5.60 Å². The molecule has 2 fully saturated rings. The van der Waals surface area contributed by atoms with Crippen molar-refractivity contribution in [3.05, 3.63) is 0 Å². The fourth-order valence-corrected chi connectivity index (χ4v) is 2.79. The molecule has 1 saturated heterocycles. The molecule has 20 heavy (non-hydrogen) atoms. The van der Waals surface area contributed by atoms with Gasteiger partial charge in [-0.15, -0.1) is 0 Å². The summed E-state index contributed by atoms with van der Waals surface area (Å²) in [5.74, 6) is -0.164. The molecule has 1 aliphatic carbocycles. The number of rotatable bonds is 9. The van der Waals surface area contributed by atoms with Crippen molar-refractivity contribution >= 4 is 5.97 Å². The summed E-state index contributed by atoms with van der Waals surface area (Å²) in [4.78, 5) is 12.4. The summed E-state index contributed by atoms with van der Waals surface area (Å²) in [5, 5.41) is 0. The second kappa shape index (κ2) is 7.99. The Morgan fingerprint density at radius 1 is 1.20 bits per heavy atom. The summed E-state index contributed by atoms with van der Waals surface area (Å²) >= 11 is 0. The lowest BCUT2D eigenvalue weighted by atomic mass is 9.84. The molecular weight excluding hydrogens is 256 g/mol. The number of ether oxygens (including phenoxy) is 3. The molecule has 116 valence electrons. The van der Waals surface area contributed by atoms with Crippen LogP contribution in [0.5, 0.6) is 0 Å². The monoisotopic (exact) mass is 284 g/mol. The molecule has 0 radical (unpaired) electrons. The Kier molecular flexibility index (Phi) is 6.30. The van der Waals surface area contributed by atoms with E-state index in [0.717, 1.165) is 38.7 Å². The zero-order valence-electron chi connectivity index (χ0n) is 12.7. The Bertz CT molecular complexity index is 293. The summed E-state index contributed by atoms with van der Waals surface area (Å²) in [6.07, 6.45) is 9.73. The van der Waals surface area contributed by atoms with Crippen LogP contribution >= 0.6 is 0 Å². The van der Waals surface area contributed by atoms with Gasteiger partial charge < -0.3 is 14.2 Å². The van der Waals surface area contributed by atoms with Crippen LogP contribution in [0.1, 0.15) is 64.7 Å². The molecule has 4 heteroatoms. The lowest BCUT2D eigenvalue weighted by Gasteiger charge is -2.34. The Hall–Kier alpha value is -0.610. The van der Waals surface area contributed by atoms with Crippen molar-refractivity contribution in [2.75, 3.05) is 19.8 Å². The van der Waals surface area contributed by atoms with E-state index < -0.39 is 5.60 Å². The van der Waals surface area contributed by atoms with Gasteiger partial charge in [-0.1, -0.05) is 32.6 Å². The van der Waals surface area contributed by atoms with Crippen molar-refractivity contribution in [2.45, 2.75) is 76.4 Å². The van der Waals surface area contributed by atoms with Gasteiger partial charge in [0.25, 0.3) is 0 Å². The molecule has 0 N–H and O–H groups in total. The fourth-order valence-electron chi connectivity index (χ4n) is 2.79. The number of hydrogen-bond acceptors (Lipinski definition) is 4. The first-order chi connectivity index (χ1) is 9.77.